The van der Waals surface area contributed by atoms with E-state index in [1.54, 1.807) is 12.1 Å². The molecule has 3 aromatic rings. The van der Waals surface area contributed by atoms with Crippen LogP contribution in [-0.2, 0) is 29.0 Å². The summed E-state index contributed by atoms with van der Waals surface area (Å²) in [5.41, 5.74) is 5.52. The summed E-state index contributed by atoms with van der Waals surface area (Å²) >= 11 is 6.05. The number of halogens is 1. The fraction of sp³-hybridized carbons (Fsp3) is 0.231. The maximum absolute atomic E-state index is 12.1. The van der Waals surface area contributed by atoms with E-state index in [-0.39, 0.29) is 0 Å². The molecule has 0 fully saturated rings. The molecule has 0 unspecified atom stereocenters. The molecule has 0 aromatic heterocycles. The number of nitrogens with one attached hydrogen (secondary N) is 2. The molecule has 0 atom stereocenters. The summed E-state index contributed by atoms with van der Waals surface area (Å²) in [6, 6.07) is 21.7. The second kappa shape index (κ2) is 10.4. The lowest BCUT2D eigenvalue weighted by Gasteiger charge is -2.30. The van der Waals surface area contributed by atoms with Crippen molar-refractivity contribution in [2.75, 3.05) is 30.4 Å². The largest absolute Gasteiger partial charge is 0.495 e. The molecule has 1 heterocycles. The normalized spacial score (nSPS) is 12.6. The van der Waals surface area contributed by atoms with Crippen LogP contribution in [-0.4, -0.2) is 32.0 Å². The van der Waals surface area contributed by atoms with Crippen LogP contribution in [0.1, 0.15) is 16.7 Å². The summed E-state index contributed by atoms with van der Waals surface area (Å²) in [4.78, 5) is 26.6. The van der Waals surface area contributed by atoms with Crippen LogP contribution in [0.3, 0.4) is 0 Å². The number of carbonyl (C=O) groups excluding carboxylic acids is 2. The maximum atomic E-state index is 12.1. The van der Waals surface area contributed by atoms with Crippen LogP contribution in [0.15, 0.2) is 66.7 Å². The second-order valence-corrected chi connectivity index (χ2v) is 8.32. The van der Waals surface area contributed by atoms with Gasteiger partial charge in [-0.2, -0.15) is 0 Å². The van der Waals surface area contributed by atoms with Gasteiger partial charge in [-0.1, -0.05) is 48.0 Å². The molecule has 0 saturated carbocycles. The highest BCUT2D eigenvalue weighted by molar-refractivity contribution is 6.40. The molecular weight excluding hydrogens is 438 g/mol. The minimum absolute atomic E-state index is 0.355. The van der Waals surface area contributed by atoms with Crippen molar-refractivity contribution in [1.82, 2.24) is 5.32 Å². The molecule has 7 heteroatoms. The van der Waals surface area contributed by atoms with E-state index < -0.39 is 11.8 Å². The van der Waals surface area contributed by atoms with E-state index >= 15 is 0 Å². The van der Waals surface area contributed by atoms with Gasteiger partial charge in [0.15, 0.2) is 0 Å². The minimum Gasteiger partial charge on any atom is -0.495 e. The van der Waals surface area contributed by atoms with Crippen LogP contribution in [0.25, 0.3) is 0 Å². The van der Waals surface area contributed by atoms with E-state index in [4.69, 9.17) is 16.3 Å². The average Bonchev–Trinajstić information content (AvgIpc) is 2.84. The molecule has 0 spiro atoms. The Morgan fingerprint density at radius 2 is 1.76 bits per heavy atom. The summed E-state index contributed by atoms with van der Waals surface area (Å²) in [6.45, 7) is 2.28. The van der Waals surface area contributed by atoms with Gasteiger partial charge in [-0.05, 0) is 59.9 Å². The number of nitrogens with zero attached hydrogens (tertiary/aromatic N) is 1. The van der Waals surface area contributed by atoms with E-state index in [0.29, 0.717) is 29.4 Å². The van der Waals surface area contributed by atoms with Gasteiger partial charge >= 0.3 is 11.8 Å². The van der Waals surface area contributed by atoms with Crippen LogP contribution >= 0.6 is 11.6 Å². The number of methoxy groups -OCH3 is 1. The Balaban J connectivity index is 1.24. The number of amides is 2. The van der Waals surface area contributed by atoms with Gasteiger partial charge < -0.3 is 20.3 Å². The molecule has 1 aliphatic rings. The number of benzene rings is 3. The number of rotatable bonds is 6. The lowest BCUT2D eigenvalue weighted by atomic mass is 9.99. The first-order chi connectivity index (χ1) is 16.0. The van der Waals surface area contributed by atoms with Gasteiger partial charge in [0.2, 0.25) is 0 Å². The van der Waals surface area contributed by atoms with Crippen molar-refractivity contribution < 1.29 is 14.3 Å². The fourth-order valence-corrected chi connectivity index (χ4v) is 4.18. The Kier molecular flexibility index (Phi) is 7.15. The molecule has 0 radical (unpaired) electrons. The third kappa shape index (κ3) is 5.65. The van der Waals surface area contributed by atoms with Crippen molar-refractivity contribution in [1.29, 1.82) is 0 Å². The summed E-state index contributed by atoms with van der Waals surface area (Å²) in [6.07, 6.45) is 1.69. The Morgan fingerprint density at radius 1 is 1.00 bits per heavy atom. The van der Waals surface area contributed by atoms with Gasteiger partial charge in [0.05, 0.1) is 12.1 Å². The van der Waals surface area contributed by atoms with E-state index in [9.17, 15) is 9.59 Å². The van der Waals surface area contributed by atoms with Crippen molar-refractivity contribution in [2.24, 2.45) is 0 Å². The molecule has 0 saturated heterocycles. The Bertz CT molecular complexity index is 1150. The highest BCUT2D eigenvalue weighted by atomic mass is 35.5. The average molecular weight is 464 g/mol. The van der Waals surface area contributed by atoms with Crippen LogP contribution in [0, 0.1) is 0 Å². The predicted octanol–water partition coefficient (Wildman–Crippen LogP) is 4.21. The second-order valence-electron chi connectivity index (χ2n) is 7.92. The lowest BCUT2D eigenvalue weighted by molar-refractivity contribution is -0.136. The van der Waals surface area contributed by atoms with Crippen molar-refractivity contribution in [2.45, 2.75) is 19.4 Å². The van der Waals surface area contributed by atoms with Crippen LogP contribution in [0.5, 0.6) is 5.75 Å². The molecule has 3 aromatic carbocycles. The summed E-state index contributed by atoms with van der Waals surface area (Å²) < 4.78 is 5.08. The molecule has 6 nitrogen and oxygen atoms in total. The number of hydrogen-bond acceptors (Lipinski definition) is 4. The third-order valence-electron chi connectivity index (χ3n) is 5.75. The van der Waals surface area contributed by atoms with Crippen molar-refractivity contribution >= 4 is 34.8 Å². The van der Waals surface area contributed by atoms with Crippen molar-refractivity contribution in [3.63, 3.8) is 0 Å². The van der Waals surface area contributed by atoms with Crippen LogP contribution in [0.4, 0.5) is 11.4 Å². The summed E-state index contributed by atoms with van der Waals surface area (Å²) in [7, 11) is 1.51. The van der Waals surface area contributed by atoms with E-state index in [1.807, 2.05) is 0 Å². The third-order valence-corrected chi connectivity index (χ3v) is 6.04. The quantitative estimate of drug-likeness (QED) is 0.537. The number of carbonyl (C=O) groups is 2. The van der Waals surface area contributed by atoms with Gasteiger partial charge in [-0.3, -0.25) is 9.59 Å². The van der Waals surface area contributed by atoms with Gasteiger partial charge in [0, 0.05) is 31.0 Å². The number of ether oxygens (including phenoxy) is 1. The lowest BCUT2D eigenvalue weighted by Crippen LogP contribution is -2.36. The highest BCUT2D eigenvalue weighted by Gasteiger charge is 2.16. The Hall–Kier alpha value is -3.51. The minimum atomic E-state index is -0.739. The molecule has 2 amide bonds. The first-order valence-electron chi connectivity index (χ1n) is 10.9. The predicted molar refractivity (Wildman–Crippen MR) is 131 cm³/mol. The summed E-state index contributed by atoms with van der Waals surface area (Å²) in [5, 5.41) is 5.55. The zero-order valence-electron chi connectivity index (χ0n) is 18.4. The zero-order chi connectivity index (χ0) is 23.2. The van der Waals surface area contributed by atoms with Gasteiger partial charge in [0.1, 0.15) is 5.75 Å². The first-order valence-corrected chi connectivity index (χ1v) is 11.2. The summed E-state index contributed by atoms with van der Waals surface area (Å²) in [5.74, 6) is -0.933. The standard InChI is InChI=1S/C26H26ClN3O3/c1-33-24-11-8-21(16-23(24)27)29-26(32)25(31)28-14-12-18-6-9-22(10-7-18)30-15-13-19-4-2-3-5-20(19)17-30/h2-11,16H,12-15,17H2,1H3,(H,28,31)(H,29,32). The fourth-order valence-electron chi connectivity index (χ4n) is 3.92. The number of fused-ring (bicyclic) bond motifs is 1. The smallest absolute Gasteiger partial charge is 0.313 e. The highest BCUT2D eigenvalue weighted by Crippen LogP contribution is 2.27. The number of hydrogen-bond donors (Lipinski definition) is 2. The molecule has 1 aliphatic heterocycles. The maximum Gasteiger partial charge on any atom is 0.313 e. The molecule has 0 bridgehead atoms. The van der Waals surface area contributed by atoms with Gasteiger partial charge in [-0.25, -0.2) is 0 Å². The molecule has 33 heavy (non-hydrogen) atoms. The molecule has 0 aliphatic carbocycles. The van der Waals surface area contributed by atoms with Crippen LogP contribution < -0.4 is 20.3 Å². The number of anilines is 2. The van der Waals surface area contributed by atoms with Gasteiger partial charge in [-0.15, -0.1) is 0 Å². The van der Waals surface area contributed by atoms with Gasteiger partial charge in [0.25, 0.3) is 0 Å². The van der Waals surface area contributed by atoms with Crippen molar-refractivity contribution in [3.05, 3.63) is 88.4 Å². The molecular formula is C26H26ClN3O3. The molecule has 4 rings (SSSR count). The van der Waals surface area contributed by atoms with Crippen LogP contribution in [0.2, 0.25) is 5.02 Å². The monoisotopic (exact) mass is 463 g/mol. The van der Waals surface area contributed by atoms with E-state index in [1.165, 1.54) is 30.0 Å². The topological polar surface area (TPSA) is 70.7 Å². The molecule has 2 N–H and O–H groups in total. The first kappa shape index (κ1) is 22.7. The zero-order valence-corrected chi connectivity index (χ0v) is 19.2. The van der Waals surface area contributed by atoms with E-state index in [2.05, 4.69) is 64.1 Å². The Morgan fingerprint density at radius 3 is 2.48 bits per heavy atom. The molecule has 170 valence electrons. The SMILES string of the molecule is COc1ccc(NC(=O)C(=O)NCCc2ccc(N3CCc4ccccc4C3)cc2)cc1Cl. The van der Waals surface area contributed by atoms with E-state index in [0.717, 1.165) is 25.1 Å². The Labute approximate surface area is 198 Å². The van der Waals surface area contributed by atoms with Crippen molar-refractivity contribution in [3.8, 4) is 5.75 Å².